The maximum Gasteiger partial charge on any atom is 0.348 e. The van der Waals surface area contributed by atoms with Gasteiger partial charge in [0, 0.05) is 17.5 Å². The van der Waals surface area contributed by atoms with Crippen LogP contribution in [0.2, 0.25) is 0 Å². The molecule has 0 saturated carbocycles. The fraction of sp³-hybridized carbons (Fsp3) is 0.188. The predicted molar refractivity (Wildman–Crippen MR) is 83.3 cm³/mol. The molecule has 1 N–H and O–H groups in total. The molecule has 3 aromatic rings. The summed E-state index contributed by atoms with van der Waals surface area (Å²) >= 11 is 1.20. The molecule has 22 heavy (non-hydrogen) atoms. The predicted octanol–water partition coefficient (Wildman–Crippen LogP) is 3.70. The molecule has 0 unspecified atom stereocenters. The van der Waals surface area contributed by atoms with Gasteiger partial charge in [0.05, 0.1) is 16.4 Å². The summed E-state index contributed by atoms with van der Waals surface area (Å²) in [6.45, 7) is 3.72. The smallest absolute Gasteiger partial charge is 0.348 e. The third-order valence-electron chi connectivity index (χ3n) is 3.42. The summed E-state index contributed by atoms with van der Waals surface area (Å²) < 4.78 is 5.15. The van der Waals surface area contributed by atoms with E-state index in [2.05, 4.69) is 10.1 Å². The lowest BCUT2D eigenvalue weighted by molar-refractivity contribution is 0.0702. The highest BCUT2D eigenvalue weighted by Crippen LogP contribution is 2.30. The van der Waals surface area contributed by atoms with Gasteiger partial charge in [-0.25, -0.2) is 9.78 Å². The maximum atomic E-state index is 11.5. The van der Waals surface area contributed by atoms with E-state index in [4.69, 9.17) is 4.52 Å². The van der Waals surface area contributed by atoms with Gasteiger partial charge >= 0.3 is 5.97 Å². The zero-order chi connectivity index (χ0) is 15.7. The Balaban J connectivity index is 2.03. The van der Waals surface area contributed by atoms with Gasteiger partial charge in [0.15, 0.2) is 0 Å². The van der Waals surface area contributed by atoms with E-state index in [1.54, 1.807) is 0 Å². The number of hydrogen-bond acceptors (Lipinski definition) is 5. The Bertz CT molecular complexity index is 802. The summed E-state index contributed by atoms with van der Waals surface area (Å²) in [7, 11) is 0. The molecular formula is C16H14N2O3S. The normalized spacial score (nSPS) is 10.8. The zero-order valence-electron chi connectivity index (χ0n) is 12.2. The first-order valence-corrected chi connectivity index (χ1v) is 7.58. The molecule has 5 nitrogen and oxygen atoms in total. The monoisotopic (exact) mass is 314 g/mol. The van der Waals surface area contributed by atoms with Gasteiger partial charge in [-0.3, -0.25) is 0 Å². The number of carboxylic acid groups (broad SMARTS) is 1. The van der Waals surface area contributed by atoms with Gasteiger partial charge in [-0.1, -0.05) is 35.5 Å². The molecule has 0 aliphatic heterocycles. The van der Waals surface area contributed by atoms with E-state index in [9.17, 15) is 9.90 Å². The van der Waals surface area contributed by atoms with Crippen molar-refractivity contribution in [3.63, 3.8) is 0 Å². The number of aromatic carboxylic acids is 1. The van der Waals surface area contributed by atoms with Gasteiger partial charge in [0.1, 0.15) is 10.6 Å². The Morgan fingerprint density at radius 2 is 2.00 bits per heavy atom. The Morgan fingerprint density at radius 1 is 1.27 bits per heavy atom. The minimum absolute atomic E-state index is 0.257. The highest BCUT2D eigenvalue weighted by Gasteiger charge is 2.20. The van der Waals surface area contributed by atoms with Crippen LogP contribution in [0.3, 0.4) is 0 Å². The van der Waals surface area contributed by atoms with Crippen LogP contribution in [0.4, 0.5) is 0 Å². The fourth-order valence-electron chi connectivity index (χ4n) is 2.28. The van der Waals surface area contributed by atoms with Crippen molar-refractivity contribution in [1.82, 2.24) is 10.1 Å². The van der Waals surface area contributed by atoms with E-state index in [-0.39, 0.29) is 4.88 Å². The van der Waals surface area contributed by atoms with Crippen LogP contribution in [0.15, 0.2) is 34.9 Å². The number of rotatable bonds is 4. The van der Waals surface area contributed by atoms with Gasteiger partial charge in [0.25, 0.3) is 0 Å². The van der Waals surface area contributed by atoms with Gasteiger partial charge in [-0.05, 0) is 13.8 Å². The molecule has 0 saturated heterocycles. The van der Waals surface area contributed by atoms with Crippen LogP contribution >= 0.6 is 11.3 Å². The number of carboxylic acids is 1. The number of hydrogen-bond donors (Lipinski definition) is 1. The summed E-state index contributed by atoms with van der Waals surface area (Å²) in [5.74, 6) is -0.216. The lowest BCUT2D eigenvalue weighted by Gasteiger charge is -1.98. The van der Waals surface area contributed by atoms with Crippen LogP contribution in [0, 0.1) is 13.8 Å². The van der Waals surface area contributed by atoms with Crippen molar-refractivity contribution in [3.8, 4) is 11.3 Å². The zero-order valence-corrected chi connectivity index (χ0v) is 13.0. The molecule has 1 aromatic carbocycles. The summed E-state index contributed by atoms with van der Waals surface area (Å²) in [4.78, 5) is 16.3. The minimum Gasteiger partial charge on any atom is -0.477 e. The van der Waals surface area contributed by atoms with Gasteiger partial charge < -0.3 is 9.63 Å². The molecule has 0 aliphatic rings. The summed E-state index contributed by atoms with van der Waals surface area (Å²) in [5.41, 5.74) is 3.09. The number of thiazole rings is 1. The van der Waals surface area contributed by atoms with Crippen LogP contribution in [-0.4, -0.2) is 21.2 Å². The third kappa shape index (κ3) is 2.65. The lowest BCUT2D eigenvalue weighted by atomic mass is 10.1. The Labute approximate surface area is 131 Å². The second-order valence-electron chi connectivity index (χ2n) is 4.94. The maximum absolute atomic E-state index is 11.5. The van der Waals surface area contributed by atoms with Crippen molar-refractivity contribution in [2.45, 2.75) is 20.3 Å². The number of benzene rings is 1. The Morgan fingerprint density at radius 3 is 2.59 bits per heavy atom. The van der Waals surface area contributed by atoms with E-state index in [1.807, 2.05) is 44.2 Å². The summed E-state index contributed by atoms with van der Waals surface area (Å²) in [6.07, 6.45) is 0.527. The van der Waals surface area contributed by atoms with Gasteiger partial charge in [-0.2, -0.15) is 0 Å². The first-order chi connectivity index (χ1) is 10.6. The van der Waals surface area contributed by atoms with Crippen molar-refractivity contribution >= 4 is 17.3 Å². The van der Waals surface area contributed by atoms with Crippen molar-refractivity contribution in [2.24, 2.45) is 0 Å². The molecule has 112 valence electrons. The van der Waals surface area contributed by atoms with E-state index in [0.717, 1.165) is 27.6 Å². The molecule has 0 bridgehead atoms. The average Bonchev–Trinajstić information content (AvgIpc) is 3.07. The molecule has 0 amide bonds. The van der Waals surface area contributed by atoms with E-state index < -0.39 is 5.97 Å². The number of carbonyl (C=O) groups is 1. The van der Waals surface area contributed by atoms with Crippen molar-refractivity contribution in [1.29, 1.82) is 0 Å². The molecule has 2 aromatic heterocycles. The molecule has 0 atom stereocenters. The van der Waals surface area contributed by atoms with Crippen LogP contribution < -0.4 is 0 Å². The first-order valence-electron chi connectivity index (χ1n) is 6.76. The second kappa shape index (κ2) is 5.73. The van der Waals surface area contributed by atoms with E-state index in [1.165, 1.54) is 11.3 Å². The number of nitrogens with zero attached hydrogens (tertiary/aromatic N) is 2. The van der Waals surface area contributed by atoms with Crippen molar-refractivity contribution in [2.75, 3.05) is 0 Å². The molecule has 3 rings (SSSR count). The molecule has 0 aliphatic carbocycles. The quantitative estimate of drug-likeness (QED) is 0.794. The van der Waals surface area contributed by atoms with E-state index in [0.29, 0.717) is 12.1 Å². The molecule has 0 spiro atoms. The molecular weight excluding hydrogens is 300 g/mol. The Hall–Kier alpha value is -2.47. The lowest BCUT2D eigenvalue weighted by Crippen LogP contribution is -1.95. The molecule has 0 radical (unpaired) electrons. The highest BCUT2D eigenvalue weighted by atomic mass is 32.1. The van der Waals surface area contributed by atoms with Crippen LogP contribution in [-0.2, 0) is 6.42 Å². The highest BCUT2D eigenvalue weighted by molar-refractivity contribution is 7.14. The molecule has 6 heteroatoms. The summed E-state index contributed by atoms with van der Waals surface area (Å²) in [5, 5.41) is 14.1. The van der Waals surface area contributed by atoms with Crippen LogP contribution in [0.25, 0.3) is 11.3 Å². The molecule has 0 fully saturated rings. The van der Waals surface area contributed by atoms with E-state index >= 15 is 0 Å². The van der Waals surface area contributed by atoms with Crippen LogP contribution in [0.1, 0.15) is 31.7 Å². The van der Waals surface area contributed by atoms with Crippen molar-refractivity contribution < 1.29 is 14.4 Å². The second-order valence-corrected chi connectivity index (χ2v) is 6.02. The first kappa shape index (κ1) is 14.5. The third-order valence-corrected chi connectivity index (χ3v) is 4.47. The minimum atomic E-state index is -0.957. The SMILES string of the molecule is Cc1noc(C)c1Cc1nc(-c2ccccc2)c(C(=O)O)s1. The van der Waals surface area contributed by atoms with Crippen molar-refractivity contribution in [3.05, 3.63) is 57.2 Å². The topological polar surface area (TPSA) is 76.2 Å². The summed E-state index contributed by atoms with van der Waals surface area (Å²) in [6, 6.07) is 9.35. The largest absolute Gasteiger partial charge is 0.477 e. The van der Waals surface area contributed by atoms with Crippen LogP contribution in [0.5, 0.6) is 0 Å². The number of aromatic nitrogens is 2. The van der Waals surface area contributed by atoms with Gasteiger partial charge in [-0.15, -0.1) is 11.3 Å². The standard InChI is InChI=1S/C16H14N2O3S/c1-9-12(10(2)21-18-9)8-13-17-14(15(22-13)16(19)20)11-6-4-3-5-7-11/h3-7H,8H2,1-2H3,(H,19,20). The fourth-order valence-corrected chi connectivity index (χ4v) is 3.22. The Kier molecular flexibility index (Phi) is 3.77. The molecule has 2 heterocycles. The average molecular weight is 314 g/mol. The number of aryl methyl sites for hydroxylation is 2. The van der Waals surface area contributed by atoms with Gasteiger partial charge in [0.2, 0.25) is 0 Å².